The molecule has 1 heterocycles. The summed E-state index contributed by atoms with van der Waals surface area (Å²) in [5.74, 6) is 1.14. The molecule has 1 aliphatic heterocycles. The van der Waals surface area contributed by atoms with Crippen LogP contribution in [-0.2, 0) is 16.1 Å². The van der Waals surface area contributed by atoms with Crippen molar-refractivity contribution in [3.8, 4) is 5.75 Å². The molecule has 21 heavy (non-hydrogen) atoms. The molecule has 1 aromatic rings. The maximum Gasteiger partial charge on any atom is 0.234 e. The second kappa shape index (κ2) is 4.45. The molecule has 2 bridgehead atoms. The Labute approximate surface area is 123 Å². The third-order valence-corrected chi connectivity index (χ3v) is 5.06. The molecular formula is C17H17NO3. The molecular weight excluding hydrogens is 266 g/mol. The van der Waals surface area contributed by atoms with Gasteiger partial charge in [0.15, 0.2) is 0 Å². The summed E-state index contributed by atoms with van der Waals surface area (Å²) in [5.41, 5.74) is 0.956. The zero-order chi connectivity index (χ0) is 14.6. The summed E-state index contributed by atoms with van der Waals surface area (Å²) in [7, 11) is 1.62. The van der Waals surface area contributed by atoms with Gasteiger partial charge in [-0.2, -0.15) is 0 Å². The second-order valence-electron chi connectivity index (χ2n) is 6.11. The molecule has 0 unspecified atom stereocenters. The lowest BCUT2D eigenvalue weighted by Gasteiger charge is -2.17. The van der Waals surface area contributed by atoms with Crippen LogP contribution in [0.2, 0.25) is 0 Å². The number of methoxy groups -OCH3 is 1. The van der Waals surface area contributed by atoms with Gasteiger partial charge in [0.25, 0.3) is 0 Å². The molecule has 3 aliphatic rings. The number of carbonyl (C=O) groups is 2. The van der Waals surface area contributed by atoms with Crippen LogP contribution in [0.15, 0.2) is 36.4 Å². The van der Waals surface area contributed by atoms with Gasteiger partial charge in [0.1, 0.15) is 5.75 Å². The van der Waals surface area contributed by atoms with Crippen LogP contribution in [0.1, 0.15) is 12.0 Å². The first-order valence-electron chi connectivity index (χ1n) is 7.35. The standard InChI is InChI=1S/C17H17NO3/c1-21-13-6-2-10(3-7-13)9-18-16(19)14-11-4-5-12(8-11)15(14)17(18)20/h2-7,11-12,14-15H,8-9H2,1H3/t11-,12-,14-,15+/m0/s1. The van der Waals surface area contributed by atoms with Crippen LogP contribution in [0, 0.1) is 23.7 Å². The van der Waals surface area contributed by atoms with Crippen LogP contribution in [0.5, 0.6) is 5.75 Å². The average Bonchev–Trinajstić information content (AvgIpc) is 3.18. The smallest absolute Gasteiger partial charge is 0.234 e. The van der Waals surface area contributed by atoms with Gasteiger partial charge in [-0.3, -0.25) is 14.5 Å². The van der Waals surface area contributed by atoms with Crippen molar-refractivity contribution in [3.63, 3.8) is 0 Å². The van der Waals surface area contributed by atoms with E-state index in [0.717, 1.165) is 17.7 Å². The summed E-state index contributed by atoms with van der Waals surface area (Å²) in [4.78, 5) is 26.6. The lowest BCUT2D eigenvalue weighted by molar-refractivity contribution is -0.141. The number of imide groups is 1. The van der Waals surface area contributed by atoms with E-state index in [9.17, 15) is 9.59 Å². The van der Waals surface area contributed by atoms with Gasteiger partial charge in [-0.15, -0.1) is 0 Å². The first-order valence-corrected chi connectivity index (χ1v) is 7.35. The molecule has 4 nitrogen and oxygen atoms in total. The third kappa shape index (κ3) is 1.75. The van der Waals surface area contributed by atoms with Gasteiger partial charge in [-0.25, -0.2) is 0 Å². The summed E-state index contributed by atoms with van der Waals surface area (Å²) < 4.78 is 5.12. The number of amides is 2. The number of ether oxygens (including phenoxy) is 1. The fourth-order valence-electron chi connectivity index (χ4n) is 4.03. The summed E-state index contributed by atoms with van der Waals surface area (Å²) in [6.45, 7) is 0.369. The molecule has 4 atom stereocenters. The van der Waals surface area contributed by atoms with Gasteiger partial charge in [0.2, 0.25) is 11.8 Å². The lowest BCUT2D eigenvalue weighted by Crippen LogP contribution is -2.32. The van der Waals surface area contributed by atoms with E-state index < -0.39 is 0 Å². The van der Waals surface area contributed by atoms with Crippen LogP contribution in [-0.4, -0.2) is 23.8 Å². The van der Waals surface area contributed by atoms with Gasteiger partial charge >= 0.3 is 0 Å². The molecule has 2 fully saturated rings. The Morgan fingerprint density at radius 3 is 2.14 bits per heavy atom. The molecule has 108 valence electrons. The number of likely N-dealkylation sites (tertiary alicyclic amines) is 1. The highest BCUT2D eigenvalue weighted by molar-refractivity contribution is 6.06. The minimum Gasteiger partial charge on any atom is -0.497 e. The Kier molecular flexibility index (Phi) is 2.67. The van der Waals surface area contributed by atoms with Gasteiger partial charge in [-0.05, 0) is 36.0 Å². The Morgan fingerprint density at radius 1 is 1.05 bits per heavy atom. The van der Waals surface area contributed by atoms with E-state index in [2.05, 4.69) is 12.2 Å². The van der Waals surface area contributed by atoms with Crippen LogP contribution < -0.4 is 4.74 Å². The first-order chi connectivity index (χ1) is 10.2. The molecule has 4 heteroatoms. The van der Waals surface area contributed by atoms with Crippen molar-refractivity contribution in [3.05, 3.63) is 42.0 Å². The largest absolute Gasteiger partial charge is 0.497 e. The van der Waals surface area contributed by atoms with Crippen LogP contribution in [0.25, 0.3) is 0 Å². The average molecular weight is 283 g/mol. The van der Waals surface area contributed by atoms with Gasteiger partial charge < -0.3 is 4.74 Å². The number of rotatable bonds is 3. The predicted octanol–water partition coefficient (Wildman–Crippen LogP) is 2.00. The molecule has 2 amide bonds. The lowest BCUT2D eigenvalue weighted by atomic mass is 9.85. The predicted molar refractivity (Wildman–Crippen MR) is 76.3 cm³/mol. The molecule has 2 aliphatic carbocycles. The quantitative estimate of drug-likeness (QED) is 0.629. The summed E-state index contributed by atoms with van der Waals surface area (Å²) >= 11 is 0. The Morgan fingerprint density at radius 2 is 1.62 bits per heavy atom. The zero-order valence-electron chi connectivity index (χ0n) is 11.9. The van der Waals surface area contributed by atoms with Crippen LogP contribution in [0.3, 0.4) is 0 Å². The van der Waals surface area contributed by atoms with E-state index in [4.69, 9.17) is 4.74 Å². The summed E-state index contributed by atoms with van der Waals surface area (Å²) in [5, 5.41) is 0. The fourth-order valence-corrected chi connectivity index (χ4v) is 4.03. The molecule has 1 aromatic carbocycles. The maximum atomic E-state index is 12.6. The molecule has 0 radical (unpaired) electrons. The van der Waals surface area contributed by atoms with Gasteiger partial charge in [0.05, 0.1) is 25.5 Å². The summed E-state index contributed by atoms with van der Waals surface area (Å²) in [6, 6.07) is 7.51. The normalized spacial score (nSPS) is 32.9. The number of fused-ring (bicyclic) bond motifs is 5. The highest BCUT2D eigenvalue weighted by Gasteiger charge is 2.59. The number of hydrogen-bond acceptors (Lipinski definition) is 3. The van der Waals surface area contributed by atoms with Gasteiger partial charge in [0, 0.05) is 0 Å². The Balaban J connectivity index is 1.56. The molecule has 1 saturated carbocycles. The van der Waals surface area contributed by atoms with E-state index >= 15 is 0 Å². The Hall–Kier alpha value is -2.10. The molecule has 1 saturated heterocycles. The van der Waals surface area contributed by atoms with E-state index in [0.29, 0.717) is 6.54 Å². The second-order valence-corrected chi connectivity index (χ2v) is 6.11. The number of carbonyl (C=O) groups excluding carboxylic acids is 2. The first kappa shape index (κ1) is 12.6. The number of allylic oxidation sites excluding steroid dienone is 2. The minimum absolute atomic E-state index is 0.0117. The molecule has 4 rings (SSSR count). The number of hydrogen-bond donors (Lipinski definition) is 0. The molecule has 0 spiro atoms. The third-order valence-electron chi connectivity index (χ3n) is 5.06. The molecule has 0 aromatic heterocycles. The minimum atomic E-state index is -0.106. The van der Waals surface area contributed by atoms with Crippen molar-refractivity contribution >= 4 is 11.8 Å². The van der Waals surface area contributed by atoms with Crippen LogP contribution >= 0.6 is 0 Å². The fraction of sp³-hybridized carbons (Fsp3) is 0.412. The van der Waals surface area contributed by atoms with Crippen molar-refractivity contribution < 1.29 is 14.3 Å². The zero-order valence-corrected chi connectivity index (χ0v) is 11.9. The SMILES string of the molecule is COc1ccc(CN2C(=O)[C@@H]3[C@H](C2=O)[C@H]2C=C[C@H]3C2)cc1. The number of benzene rings is 1. The van der Waals surface area contributed by atoms with Crippen molar-refractivity contribution in [1.82, 2.24) is 4.90 Å². The highest BCUT2D eigenvalue weighted by Crippen LogP contribution is 2.52. The monoisotopic (exact) mass is 283 g/mol. The van der Waals surface area contributed by atoms with Crippen molar-refractivity contribution in [2.45, 2.75) is 13.0 Å². The van der Waals surface area contributed by atoms with Crippen molar-refractivity contribution in [2.24, 2.45) is 23.7 Å². The van der Waals surface area contributed by atoms with E-state index in [1.807, 2.05) is 24.3 Å². The van der Waals surface area contributed by atoms with Crippen LogP contribution in [0.4, 0.5) is 0 Å². The summed E-state index contributed by atoms with van der Waals surface area (Å²) in [6.07, 6.45) is 5.21. The van der Waals surface area contributed by atoms with Crippen molar-refractivity contribution in [2.75, 3.05) is 7.11 Å². The van der Waals surface area contributed by atoms with Gasteiger partial charge in [-0.1, -0.05) is 24.3 Å². The molecule has 0 N–H and O–H groups in total. The van der Waals surface area contributed by atoms with E-state index in [1.54, 1.807) is 7.11 Å². The van der Waals surface area contributed by atoms with E-state index in [-0.39, 0.29) is 35.5 Å². The maximum absolute atomic E-state index is 12.6. The topological polar surface area (TPSA) is 46.6 Å². The van der Waals surface area contributed by atoms with Crippen molar-refractivity contribution in [1.29, 1.82) is 0 Å². The van der Waals surface area contributed by atoms with E-state index in [1.165, 1.54) is 4.90 Å². The number of nitrogens with zero attached hydrogens (tertiary/aromatic N) is 1. The highest BCUT2D eigenvalue weighted by atomic mass is 16.5. The Bertz CT molecular complexity index is 604.